The van der Waals surface area contributed by atoms with E-state index in [0.717, 1.165) is 11.1 Å². The molecule has 1 unspecified atom stereocenters. The van der Waals surface area contributed by atoms with E-state index in [0.29, 0.717) is 16.3 Å². The van der Waals surface area contributed by atoms with Crippen molar-refractivity contribution in [2.45, 2.75) is 13.0 Å². The Kier molecular flexibility index (Phi) is 4.60. The van der Waals surface area contributed by atoms with E-state index in [1.807, 2.05) is 25.1 Å². The number of aryl methyl sites for hydroxylation is 1. The van der Waals surface area contributed by atoms with Crippen LogP contribution in [0.3, 0.4) is 0 Å². The Morgan fingerprint density at radius 2 is 1.95 bits per heavy atom. The summed E-state index contributed by atoms with van der Waals surface area (Å²) in [5.41, 5.74) is 4.80. The number of ether oxygens (including phenoxy) is 1. The Morgan fingerprint density at radius 3 is 2.60 bits per heavy atom. The number of hydrogen-bond acceptors (Lipinski definition) is 3. The quantitative estimate of drug-likeness (QED) is 0.671. The lowest BCUT2D eigenvalue weighted by Gasteiger charge is -2.21. The van der Waals surface area contributed by atoms with Crippen LogP contribution in [0.15, 0.2) is 36.4 Å². The maximum atomic E-state index is 14.0. The molecule has 5 heteroatoms. The minimum absolute atomic E-state index is 0.374. The van der Waals surface area contributed by atoms with Gasteiger partial charge in [-0.05, 0) is 31.2 Å². The molecule has 3 nitrogen and oxygen atoms in total. The topological polar surface area (TPSA) is 47.3 Å². The predicted molar refractivity (Wildman–Crippen MR) is 78.3 cm³/mol. The fraction of sp³-hybridized carbons (Fsp3) is 0.200. The van der Waals surface area contributed by atoms with Crippen LogP contribution in [0.25, 0.3) is 0 Å². The van der Waals surface area contributed by atoms with Crippen molar-refractivity contribution < 1.29 is 9.13 Å². The van der Waals surface area contributed by atoms with Gasteiger partial charge in [-0.1, -0.05) is 29.3 Å². The summed E-state index contributed by atoms with van der Waals surface area (Å²) in [6.45, 7) is 1.95. The lowest BCUT2D eigenvalue weighted by atomic mass is 9.96. The van der Waals surface area contributed by atoms with Gasteiger partial charge in [-0.15, -0.1) is 0 Å². The van der Waals surface area contributed by atoms with Crippen LogP contribution in [0.1, 0.15) is 22.7 Å². The summed E-state index contributed by atoms with van der Waals surface area (Å²) >= 11 is 5.94. The second kappa shape index (κ2) is 6.22. The molecule has 106 valence electrons. The number of hydrazine groups is 1. The fourth-order valence-corrected chi connectivity index (χ4v) is 2.34. The average molecular weight is 295 g/mol. The van der Waals surface area contributed by atoms with Crippen LogP contribution < -0.4 is 16.0 Å². The van der Waals surface area contributed by atoms with Crippen molar-refractivity contribution in [3.05, 3.63) is 63.9 Å². The summed E-state index contributed by atoms with van der Waals surface area (Å²) in [4.78, 5) is 0. The zero-order valence-corrected chi connectivity index (χ0v) is 12.0. The highest BCUT2D eigenvalue weighted by atomic mass is 35.5. The number of hydrogen-bond donors (Lipinski definition) is 2. The second-order valence-electron chi connectivity index (χ2n) is 4.51. The molecule has 20 heavy (non-hydrogen) atoms. The van der Waals surface area contributed by atoms with Crippen molar-refractivity contribution in [1.82, 2.24) is 5.43 Å². The molecule has 0 saturated heterocycles. The van der Waals surface area contributed by atoms with Crippen molar-refractivity contribution >= 4 is 11.6 Å². The summed E-state index contributed by atoms with van der Waals surface area (Å²) in [6, 6.07) is 9.50. The van der Waals surface area contributed by atoms with Gasteiger partial charge in [-0.25, -0.2) is 9.82 Å². The molecule has 1 atom stereocenters. The first-order valence-corrected chi connectivity index (χ1v) is 6.50. The summed E-state index contributed by atoms with van der Waals surface area (Å²) in [6.07, 6.45) is 0. The van der Waals surface area contributed by atoms with Crippen LogP contribution in [0, 0.1) is 12.7 Å². The molecule has 0 amide bonds. The minimum atomic E-state index is -0.538. The molecule has 2 aromatic rings. The van der Waals surface area contributed by atoms with Crippen LogP contribution in [-0.2, 0) is 0 Å². The number of benzene rings is 2. The van der Waals surface area contributed by atoms with Gasteiger partial charge in [0.05, 0.1) is 13.2 Å². The van der Waals surface area contributed by atoms with E-state index in [-0.39, 0.29) is 5.82 Å². The van der Waals surface area contributed by atoms with Gasteiger partial charge >= 0.3 is 0 Å². The van der Waals surface area contributed by atoms with Gasteiger partial charge in [0.25, 0.3) is 0 Å². The lowest BCUT2D eigenvalue weighted by molar-refractivity contribution is 0.403. The van der Waals surface area contributed by atoms with Crippen LogP contribution in [-0.4, -0.2) is 7.11 Å². The molecule has 0 saturated carbocycles. The molecule has 0 radical (unpaired) electrons. The molecular formula is C15H16ClFN2O. The van der Waals surface area contributed by atoms with Crippen molar-refractivity contribution in [1.29, 1.82) is 0 Å². The maximum Gasteiger partial charge on any atom is 0.128 e. The SMILES string of the molecule is COc1ccc(C)cc1C(NN)c1cc(Cl)ccc1F. The van der Waals surface area contributed by atoms with Crippen LogP contribution in [0.4, 0.5) is 4.39 Å². The molecule has 2 aromatic carbocycles. The number of methoxy groups -OCH3 is 1. The van der Waals surface area contributed by atoms with Crippen LogP contribution >= 0.6 is 11.6 Å². The zero-order valence-electron chi connectivity index (χ0n) is 11.3. The second-order valence-corrected chi connectivity index (χ2v) is 4.95. The van der Waals surface area contributed by atoms with Crippen LogP contribution in [0.5, 0.6) is 5.75 Å². The van der Waals surface area contributed by atoms with Gasteiger partial charge in [0.15, 0.2) is 0 Å². The Labute approximate surface area is 122 Å². The first-order chi connectivity index (χ1) is 9.56. The molecular weight excluding hydrogens is 279 g/mol. The maximum absolute atomic E-state index is 14.0. The normalized spacial score (nSPS) is 12.2. The van der Waals surface area contributed by atoms with E-state index >= 15 is 0 Å². The molecule has 0 spiro atoms. The molecule has 0 bridgehead atoms. The highest BCUT2D eigenvalue weighted by molar-refractivity contribution is 6.30. The molecule has 0 aliphatic rings. The molecule has 0 aliphatic carbocycles. The molecule has 0 aromatic heterocycles. The first-order valence-electron chi connectivity index (χ1n) is 6.12. The van der Waals surface area contributed by atoms with E-state index in [9.17, 15) is 4.39 Å². The monoisotopic (exact) mass is 294 g/mol. The molecule has 2 rings (SSSR count). The van der Waals surface area contributed by atoms with Gasteiger partial charge in [0, 0.05) is 16.1 Å². The predicted octanol–water partition coefficient (Wildman–Crippen LogP) is 3.35. The largest absolute Gasteiger partial charge is 0.496 e. The van der Waals surface area contributed by atoms with Crippen molar-refractivity contribution in [2.75, 3.05) is 7.11 Å². The van der Waals surface area contributed by atoms with Gasteiger partial charge in [0.1, 0.15) is 11.6 Å². The Morgan fingerprint density at radius 1 is 1.20 bits per heavy atom. The molecule has 0 aliphatic heterocycles. The lowest BCUT2D eigenvalue weighted by Crippen LogP contribution is -2.30. The molecule has 0 fully saturated rings. The third kappa shape index (κ3) is 2.93. The highest BCUT2D eigenvalue weighted by Crippen LogP contribution is 2.32. The minimum Gasteiger partial charge on any atom is -0.496 e. The smallest absolute Gasteiger partial charge is 0.128 e. The number of rotatable bonds is 4. The third-order valence-corrected chi connectivity index (χ3v) is 3.37. The third-order valence-electron chi connectivity index (χ3n) is 3.13. The van der Waals surface area contributed by atoms with E-state index in [2.05, 4.69) is 5.43 Å². The van der Waals surface area contributed by atoms with Gasteiger partial charge in [-0.3, -0.25) is 5.84 Å². The van der Waals surface area contributed by atoms with E-state index in [1.165, 1.54) is 12.1 Å². The fourth-order valence-electron chi connectivity index (χ4n) is 2.16. The number of nitrogens with one attached hydrogen (secondary N) is 1. The van der Waals surface area contributed by atoms with Gasteiger partial charge < -0.3 is 4.74 Å². The summed E-state index contributed by atoms with van der Waals surface area (Å²) in [5.74, 6) is 5.88. The van der Waals surface area contributed by atoms with Crippen molar-refractivity contribution in [3.8, 4) is 5.75 Å². The zero-order chi connectivity index (χ0) is 14.7. The average Bonchev–Trinajstić information content (AvgIpc) is 2.44. The summed E-state index contributed by atoms with van der Waals surface area (Å²) in [5, 5.41) is 0.452. The standard InChI is InChI=1S/C15H16ClFN2O/c1-9-3-6-14(20-2)12(7-9)15(19-18)11-8-10(16)4-5-13(11)17/h3-8,15,19H,18H2,1-2H3. The Bertz CT molecular complexity index is 619. The van der Waals surface area contributed by atoms with E-state index < -0.39 is 6.04 Å². The van der Waals surface area contributed by atoms with Gasteiger partial charge in [0.2, 0.25) is 0 Å². The number of nitrogens with two attached hydrogens (primary N) is 1. The molecule has 0 heterocycles. The van der Waals surface area contributed by atoms with Crippen molar-refractivity contribution in [3.63, 3.8) is 0 Å². The van der Waals surface area contributed by atoms with Gasteiger partial charge in [-0.2, -0.15) is 0 Å². The van der Waals surface area contributed by atoms with E-state index in [1.54, 1.807) is 13.2 Å². The highest BCUT2D eigenvalue weighted by Gasteiger charge is 2.20. The summed E-state index contributed by atoms with van der Waals surface area (Å²) in [7, 11) is 1.57. The first kappa shape index (κ1) is 14.8. The van der Waals surface area contributed by atoms with Crippen molar-refractivity contribution in [2.24, 2.45) is 5.84 Å². The van der Waals surface area contributed by atoms with E-state index in [4.69, 9.17) is 22.2 Å². The molecule has 3 N–H and O–H groups in total. The number of halogens is 2. The Hall–Kier alpha value is -1.62. The van der Waals surface area contributed by atoms with Crippen LogP contribution in [0.2, 0.25) is 5.02 Å². The Balaban J connectivity index is 2.57. The summed E-state index contributed by atoms with van der Waals surface area (Å²) < 4.78 is 19.4.